The molecule has 0 saturated carbocycles. The molecule has 0 aromatic heterocycles. The Morgan fingerprint density at radius 2 is 2.45 bits per heavy atom. The third kappa shape index (κ3) is 0.948. The normalized spacial score (nSPS) is 37.5. The number of nitrogens with two attached hydrogens (primary N) is 1. The molecule has 1 atom stereocenters. The minimum absolute atomic E-state index is 0.120. The molecule has 3 heteroatoms. The fourth-order valence-corrected chi connectivity index (χ4v) is 2.17. The molecule has 1 amide bonds. The third-order valence-corrected chi connectivity index (χ3v) is 2.93. The van der Waals surface area contributed by atoms with E-state index >= 15 is 0 Å². The lowest BCUT2D eigenvalue weighted by Gasteiger charge is -2.36. The second-order valence-electron chi connectivity index (χ2n) is 3.75. The average molecular weight is 155 g/mol. The molecule has 2 heterocycles. The van der Waals surface area contributed by atoms with E-state index in [-0.39, 0.29) is 5.66 Å². The van der Waals surface area contributed by atoms with Crippen LogP contribution in [0, 0.1) is 0 Å². The van der Waals surface area contributed by atoms with Gasteiger partial charge in [0.15, 0.2) is 5.66 Å². The second kappa shape index (κ2) is 2.21. The lowest BCUT2D eigenvalue weighted by atomic mass is 10.1. The molecule has 2 aliphatic rings. The van der Waals surface area contributed by atoms with E-state index in [1.807, 2.05) is 4.90 Å². The molecule has 0 aromatic carbocycles. The molecule has 0 spiro atoms. The van der Waals surface area contributed by atoms with Gasteiger partial charge in [0.05, 0.1) is 6.54 Å². The Hall–Kier alpha value is -0.570. The Bertz CT molecular complexity index is 193. The van der Waals surface area contributed by atoms with Gasteiger partial charge >= 0.3 is 0 Å². The van der Waals surface area contributed by atoms with Crippen LogP contribution in [0.2, 0.25) is 0 Å². The predicted molar refractivity (Wildman–Crippen MR) is 40.8 cm³/mol. The average Bonchev–Trinajstić information content (AvgIpc) is 2.29. The van der Waals surface area contributed by atoms with E-state index in [0.717, 1.165) is 25.8 Å². The number of rotatable bonds is 0. The van der Waals surface area contributed by atoms with E-state index in [1.165, 1.54) is 6.54 Å². The van der Waals surface area contributed by atoms with Crippen LogP contribution in [-0.4, -0.2) is 29.6 Å². The summed E-state index contributed by atoms with van der Waals surface area (Å²) in [6, 6.07) is 0. The van der Waals surface area contributed by atoms with Gasteiger partial charge in [-0.3, -0.25) is 9.69 Å². The summed E-state index contributed by atoms with van der Waals surface area (Å²) in [6.07, 6.45) is 2.94. The Morgan fingerprint density at radius 1 is 1.64 bits per heavy atom. The SMILES string of the molecule is C[C@@]12CCC(=O)N1CCC[NH2+]2. The summed E-state index contributed by atoms with van der Waals surface area (Å²) in [5, 5.41) is 2.31. The van der Waals surface area contributed by atoms with Crippen LogP contribution in [0.3, 0.4) is 0 Å². The highest BCUT2D eigenvalue weighted by Gasteiger charge is 2.46. The van der Waals surface area contributed by atoms with Crippen molar-refractivity contribution in [3.05, 3.63) is 0 Å². The van der Waals surface area contributed by atoms with Crippen LogP contribution in [0.5, 0.6) is 0 Å². The van der Waals surface area contributed by atoms with E-state index in [9.17, 15) is 4.79 Å². The molecule has 2 fully saturated rings. The van der Waals surface area contributed by atoms with Crippen LogP contribution in [-0.2, 0) is 4.79 Å². The maximum Gasteiger partial charge on any atom is 0.227 e. The summed E-state index contributed by atoms with van der Waals surface area (Å²) in [4.78, 5) is 13.4. The van der Waals surface area contributed by atoms with E-state index in [2.05, 4.69) is 12.2 Å². The molecule has 2 aliphatic heterocycles. The molecule has 0 radical (unpaired) electrons. The number of nitrogens with zero attached hydrogens (tertiary/aromatic N) is 1. The monoisotopic (exact) mass is 155 g/mol. The number of hydrogen-bond donors (Lipinski definition) is 1. The van der Waals surface area contributed by atoms with Gasteiger partial charge in [-0.15, -0.1) is 0 Å². The van der Waals surface area contributed by atoms with Crippen LogP contribution in [0.4, 0.5) is 0 Å². The number of carbonyl (C=O) groups is 1. The second-order valence-corrected chi connectivity index (χ2v) is 3.75. The van der Waals surface area contributed by atoms with Gasteiger partial charge in [-0.1, -0.05) is 0 Å². The predicted octanol–water partition coefficient (Wildman–Crippen LogP) is -0.708. The maximum atomic E-state index is 11.3. The van der Waals surface area contributed by atoms with Gasteiger partial charge in [0, 0.05) is 32.7 Å². The molecule has 11 heavy (non-hydrogen) atoms. The molecule has 0 bridgehead atoms. The van der Waals surface area contributed by atoms with Gasteiger partial charge in [-0.05, 0) is 0 Å². The van der Waals surface area contributed by atoms with Crippen LogP contribution < -0.4 is 5.32 Å². The molecule has 62 valence electrons. The molecule has 2 rings (SSSR count). The highest BCUT2D eigenvalue weighted by atomic mass is 16.2. The van der Waals surface area contributed by atoms with Crippen molar-refractivity contribution < 1.29 is 10.1 Å². The standard InChI is InChI=1S/C8H14N2O/c1-8-4-3-7(11)10(8)6-2-5-9-8/h9H,2-6H2,1H3/p+1/t8-/m0/s1. The van der Waals surface area contributed by atoms with Crippen molar-refractivity contribution in [2.75, 3.05) is 13.1 Å². The summed E-state index contributed by atoms with van der Waals surface area (Å²) in [6.45, 7) is 4.34. The van der Waals surface area contributed by atoms with E-state index in [0.29, 0.717) is 5.91 Å². The smallest absolute Gasteiger partial charge is 0.227 e. The molecule has 2 N–H and O–H groups in total. The van der Waals surface area contributed by atoms with Crippen LogP contribution >= 0.6 is 0 Å². The quantitative estimate of drug-likeness (QED) is 0.493. The molecule has 0 aromatic rings. The highest BCUT2D eigenvalue weighted by molar-refractivity contribution is 5.79. The summed E-state index contributed by atoms with van der Waals surface area (Å²) in [7, 11) is 0. The van der Waals surface area contributed by atoms with E-state index < -0.39 is 0 Å². The van der Waals surface area contributed by atoms with E-state index in [4.69, 9.17) is 0 Å². The number of carbonyl (C=O) groups excluding carboxylic acids is 1. The Morgan fingerprint density at radius 3 is 3.18 bits per heavy atom. The largest absolute Gasteiger partial charge is 0.324 e. The van der Waals surface area contributed by atoms with Crippen LogP contribution in [0.1, 0.15) is 26.2 Å². The van der Waals surface area contributed by atoms with Gasteiger partial charge in [0.25, 0.3) is 0 Å². The molecule has 2 saturated heterocycles. The van der Waals surface area contributed by atoms with Gasteiger partial charge in [0.1, 0.15) is 0 Å². The third-order valence-electron chi connectivity index (χ3n) is 2.93. The zero-order valence-corrected chi connectivity index (χ0v) is 6.97. The summed E-state index contributed by atoms with van der Waals surface area (Å²) in [5.41, 5.74) is 0.120. The fourth-order valence-electron chi connectivity index (χ4n) is 2.17. The van der Waals surface area contributed by atoms with Crippen molar-refractivity contribution in [2.45, 2.75) is 31.8 Å². The molecular weight excluding hydrogens is 140 g/mol. The van der Waals surface area contributed by atoms with Crippen molar-refractivity contribution >= 4 is 5.91 Å². The Balaban J connectivity index is 2.21. The van der Waals surface area contributed by atoms with Gasteiger partial charge in [0.2, 0.25) is 5.91 Å². The van der Waals surface area contributed by atoms with Crippen molar-refractivity contribution in [1.29, 1.82) is 0 Å². The highest BCUT2D eigenvalue weighted by Crippen LogP contribution is 2.25. The summed E-state index contributed by atoms with van der Waals surface area (Å²) >= 11 is 0. The van der Waals surface area contributed by atoms with Crippen molar-refractivity contribution in [3.63, 3.8) is 0 Å². The van der Waals surface area contributed by atoms with Gasteiger partial charge < -0.3 is 5.32 Å². The molecule has 0 aliphatic carbocycles. The lowest BCUT2D eigenvalue weighted by Crippen LogP contribution is -3.01. The number of fused-ring (bicyclic) bond motifs is 1. The number of amides is 1. The van der Waals surface area contributed by atoms with Gasteiger partial charge in [-0.25, -0.2) is 0 Å². The van der Waals surface area contributed by atoms with Crippen molar-refractivity contribution in [2.24, 2.45) is 0 Å². The Labute approximate surface area is 66.8 Å². The zero-order valence-electron chi connectivity index (χ0n) is 6.97. The lowest BCUT2D eigenvalue weighted by molar-refractivity contribution is -0.750. The number of hydrogen-bond acceptors (Lipinski definition) is 1. The van der Waals surface area contributed by atoms with Crippen molar-refractivity contribution in [3.8, 4) is 0 Å². The summed E-state index contributed by atoms with van der Waals surface area (Å²) in [5.74, 6) is 0.350. The first kappa shape index (κ1) is 7.10. The molecular formula is C8H15N2O+. The molecule has 3 nitrogen and oxygen atoms in total. The minimum Gasteiger partial charge on any atom is -0.324 e. The minimum atomic E-state index is 0.120. The van der Waals surface area contributed by atoms with Crippen LogP contribution in [0.15, 0.2) is 0 Å². The fraction of sp³-hybridized carbons (Fsp3) is 0.875. The number of quaternary nitrogens is 1. The first-order valence-electron chi connectivity index (χ1n) is 4.37. The first-order valence-corrected chi connectivity index (χ1v) is 4.37. The zero-order chi connectivity index (χ0) is 7.90. The maximum absolute atomic E-state index is 11.3. The van der Waals surface area contributed by atoms with Gasteiger partial charge in [-0.2, -0.15) is 0 Å². The molecule has 0 unspecified atom stereocenters. The van der Waals surface area contributed by atoms with Crippen LogP contribution in [0.25, 0.3) is 0 Å². The van der Waals surface area contributed by atoms with Crippen molar-refractivity contribution in [1.82, 2.24) is 4.90 Å². The Kier molecular flexibility index (Phi) is 1.42. The van der Waals surface area contributed by atoms with E-state index in [1.54, 1.807) is 0 Å². The topological polar surface area (TPSA) is 36.9 Å². The summed E-state index contributed by atoms with van der Waals surface area (Å²) < 4.78 is 0. The first-order chi connectivity index (χ1) is 5.22.